The number of nitrogens with zero attached hydrogens (tertiary/aromatic N) is 2. The Labute approximate surface area is 122 Å². The van der Waals surface area contributed by atoms with Gasteiger partial charge < -0.3 is 10.3 Å². The lowest BCUT2D eigenvalue weighted by Gasteiger charge is -2.09. The second-order valence-corrected chi connectivity index (χ2v) is 4.86. The van der Waals surface area contributed by atoms with Crippen LogP contribution in [-0.2, 0) is 0 Å². The summed E-state index contributed by atoms with van der Waals surface area (Å²) in [6, 6.07) is 9.18. The topological polar surface area (TPSA) is 71.8 Å². The van der Waals surface area contributed by atoms with Crippen LogP contribution in [0.5, 0.6) is 0 Å². The number of rotatable bonds is 3. The van der Waals surface area contributed by atoms with Crippen LogP contribution in [0.2, 0.25) is 5.02 Å². The van der Waals surface area contributed by atoms with Gasteiger partial charge in [0, 0.05) is 17.1 Å². The maximum Gasteiger partial charge on any atom is 0.179 e. The molecule has 1 heterocycles. The van der Waals surface area contributed by atoms with Crippen LogP contribution < -0.4 is 5.73 Å². The van der Waals surface area contributed by atoms with Crippen molar-refractivity contribution in [3.63, 3.8) is 0 Å². The third-order valence-corrected chi connectivity index (χ3v) is 3.75. The number of nitrogens with two attached hydrogens (primary N) is 1. The van der Waals surface area contributed by atoms with Crippen LogP contribution in [0.25, 0.3) is 5.69 Å². The van der Waals surface area contributed by atoms with Crippen molar-refractivity contribution in [2.75, 3.05) is 6.54 Å². The van der Waals surface area contributed by atoms with Crippen molar-refractivity contribution in [2.24, 2.45) is 5.73 Å². The first-order chi connectivity index (χ1) is 9.51. The average Bonchev–Trinajstić information content (AvgIpc) is 2.69. The molecule has 4 nitrogen and oxygen atoms in total. The molecule has 20 heavy (non-hydrogen) atoms. The highest BCUT2D eigenvalue weighted by Crippen LogP contribution is 2.30. The standard InChI is InChI=1S/C15H14ClN3O/c1-9-14(13(20)8-18)15(16)10(2)19(9)12-5-3-11(7-17)4-6-12/h3-6H,8,18H2,1-2H3. The van der Waals surface area contributed by atoms with Gasteiger partial charge in [-0.2, -0.15) is 5.26 Å². The molecular weight excluding hydrogens is 274 g/mol. The number of nitriles is 1. The van der Waals surface area contributed by atoms with Crippen molar-refractivity contribution in [3.8, 4) is 11.8 Å². The van der Waals surface area contributed by atoms with E-state index in [-0.39, 0.29) is 12.3 Å². The smallest absolute Gasteiger partial charge is 0.179 e. The molecule has 2 rings (SSSR count). The molecule has 0 bridgehead atoms. The maximum absolute atomic E-state index is 11.9. The summed E-state index contributed by atoms with van der Waals surface area (Å²) in [7, 11) is 0. The number of carbonyl (C=O) groups excluding carboxylic acids is 1. The minimum atomic E-state index is -0.178. The Kier molecular flexibility index (Phi) is 3.93. The van der Waals surface area contributed by atoms with E-state index in [1.807, 2.05) is 30.5 Å². The van der Waals surface area contributed by atoms with Gasteiger partial charge >= 0.3 is 0 Å². The summed E-state index contributed by atoms with van der Waals surface area (Å²) in [6.07, 6.45) is 0. The lowest BCUT2D eigenvalue weighted by molar-refractivity contribution is 0.100. The van der Waals surface area contributed by atoms with Crippen LogP contribution in [0.4, 0.5) is 0 Å². The van der Waals surface area contributed by atoms with Crippen LogP contribution in [-0.4, -0.2) is 16.9 Å². The third kappa shape index (κ3) is 2.22. The Morgan fingerprint density at radius 3 is 2.40 bits per heavy atom. The van der Waals surface area contributed by atoms with E-state index in [4.69, 9.17) is 22.6 Å². The predicted octanol–water partition coefficient (Wildman–Crippen LogP) is 2.76. The van der Waals surface area contributed by atoms with Gasteiger partial charge in [0.25, 0.3) is 0 Å². The molecule has 0 aliphatic carbocycles. The second-order valence-electron chi connectivity index (χ2n) is 4.48. The Balaban J connectivity index is 2.63. The minimum Gasteiger partial charge on any atom is -0.324 e. The highest BCUT2D eigenvalue weighted by molar-refractivity contribution is 6.35. The molecule has 2 N–H and O–H groups in total. The zero-order valence-corrected chi connectivity index (χ0v) is 12.0. The van der Waals surface area contributed by atoms with Gasteiger partial charge in [-0.3, -0.25) is 4.79 Å². The Bertz CT molecular complexity index is 708. The largest absolute Gasteiger partial charge is 0.324 e. The number of Topliss-reactive ketones (excluding diaryl/α,β-unsaturated/α-hetero) is 1. The molecular formula is C15H14ClN3O. The molecule has 0 aliphatic rings. The Hall–Kier alpha value is -2.09. The molecule has 1 aromatic carbocycles. The Morgan fingerprint density at radius 2 is 1.90 bits per heavy atom. The normalized spacial score (nSPS) is 10.3. The van der Waals surface area contributed by atoms with E-state index in [0.717, 1.165) is 17.1 Å². The summed E-state index contributed by atoms with van der Waals surface area (Å²) in [6.45, 7) is 3.61. The predicted molar refractivity (Wildman–Crippen MR) is 78.4 cm³/mol. The van der Waals surface area contributed by atoms with Crippen LogP contribution >= 0.6 is 11.6 Å². The van der Waals surface area contributed by atoms with Crippen molar-refractivity contribution >= 4 is 17.4 Å². The maximum atomic E-state index is 11.9. The van der Waals surface area contributed by atoms with Crippen LogP contribution in [0.1, 0.15) is 27.3 Å². The van der Waals surface area contributed by atoms with Crippen molar-refractivity contribution < 1.29 is 4.79 Å². The van der Waals surface area contributed by atoms with E-state index in [9.17, 15) is 4.79 Å². The first-order valence-electron chi connectivity index (χ1n) is 6.12. The zero-order valence-electron chi connectivity index (χ0n) is 11.3. The average molecular weight is 288 g/mol. The van der Waals surface area contributed by atoms with Crippen LogP contribution in [0.15, 0.2) is 24.3 Å². The lowest BCUT2D eigenvalue weighted by atomic mass is 10.1. The third-order valence-electron chi connectivity index (χ3n) is 3.29. The van der Waals surface area contributed by atoms with E-state index >= 15 is 0 Å². The summed E-state index contributed by atoms with van der Waals surface area (Å²) in [5, 5.41) is 9.26. The van der Waals surface area contributed by atoms with Gasteiger partial charge in [-0.15, -0.1) is 0 Å². The number of aromatic nitrogens is 1. The van der Waals surface area contributed by atoms with E-state index in [0.29, 0.717) is 16.1 Å². The lowest BCUT2D eigenvalue weighted by Crippen LogP contribution is -2.14. The van der Waals surface area contributed by atoms with E-state index in [1.165, 1.54) is 0 Å². The number of hydrogen-bond acceptors (Lipinski definition) is 3. The number of hydrogen-bond donors (Lipinski definition) is 1. The highest BCUT2D eigenvalue weighted by Gasteiger charge is 2.21. The van der Waals surface area contributed by atoms with Crippen LogP contribution in [0.3, 0.4) is 0 Å². The van der Waals surface area contributed by atoms with Gasteiger partial charge in [-0.25, -0.2) is 0 Å². The van der Waals surface area contributed by atoms with E-state index < -0.39 is 0 Å². The van der Waals surface area contributed by atoms with Gasteiger partial charge in [0.2, 0.25) is 0 Å². The number of ketones is 1. The summed E-state index contributed by atoms with van der Waals surface area (Å²) in [4.78, 5) is 11.9. The number of benzene rings is 1. The van der Waals surface area contributed by atoms with Gasteiger partial charge in [0.15, 0.2) is 5.78 Å². The summed E-state index contributed by atoms with van der Waals surface area (Å²) in [5.41, 5.74) is 8.88. The van der Waals surface area contributed by atoms with Crippen molar-refractivity contribution in [3.05, 3.63) is 51.8 Å². The second kappa shape index (κ2) is 5.49. The molecule has 1 aromatic heterocycles. The fraction of sp³-hybridized carbons (Fsp3) is 0.200. The molecule has 5 heteroatoms. The summed E-state index contributed by atoms with van der Waals surface area (Å²) in [5.74, 6) is -0.178. The van der Waals surface area contributed by atoms with Gasteiger partial charge in [0.05, 0.1) is 28.8 Å². The van der Waals surface area contributed by atoms with Crippen molar-refractivity contribution in [2.45, 2.75) is 13.8 Å². The molecule has 2 aromatic rings. The van der Waals surface area contributed by atoms with Crippen LogP contribution in [0, 0.1) is 25.2 Å². The van der Waals surface area contributed by atoms with Gasteiger partial charge in [-0.05, 0) is 38.1 Å². The quantitative estimate of drug-likeness (QED) is 0.882. The molecule has 0 saturated carbocycles. The molecule has 102 valence electrons. The summed E-state index contributed by atoms with van der Waals surface area (Å²) < 4.78 is 1.90. The highest BCUT2D eigenvalue weighted by atomic mass is 35.5. The fourth-order valence-corrected chi connectivity index (χ4v) is 2.63. The number of carbonyl (C=O) groups is 1. The summed E-state index contributed by atoms with van der Waals surface area (Å²) >= 11 is 6.25. The molecule has 0 aliphatic heterocycles. The fourth-order valence-electron chi connectivity index (χ4n) is 2.30. The first kappa shape index (κ1) is 14.3. The molecule has 0 saturated heterocycles. The first-order valence-corrected chi connectivity index (χ1v) is 6.50. The van der Waals surface area contributed by atoms with Gasteiger partial charge in [0.1, 0.15) is 0 Å². The zero-order chi connectivity index (χ0) is 14.9. The molecule has 0 atom stereocenters. The Morgan fingerprint density at radius 1 is 1.30 bits per heavy atom. The molecule has 0 spiro atoms. The van der Waals surface area contributed by atoms with Crippen molar-refractivity contribution in [1.82, 2.24) is 4.57 Å². The van der Waals surface area contributed by atoms with Crippen molar-refractivity contribution in [1.29, 1.82) is 5.26 Å². The minimum absolute atomic E-state index is 0.0720. The van der Waals surface area contributed by atoms with E-state index in [1.54, 1.807) is 12.1 Å². The molecule has 0 radical (unpaired) electrons. The SMILES string of the molecule is Cc1c(Cl)c(C(=O)CN)c(C)n1-c1ccc(C#N)cc1. The van der Waals surface area contributed by atoms with E-state index in [2.05, 4.69) is 6.07 Å². The van der Waals surface area contributed by atoms with Gasteiger partial charge in [-0.1, -0.05) is 11.6 Å². The molecule has 0 fully saturated rings. The molecule has 0 amide bonds. The molecule has 0 unspecified atom stereocenters. The monoisotopic (exact) mass is 287 g/mol. The number of halogens is 1.